The van der Waals surface area contributed by atoms with Crippen molar-refractivity contribution in [3.63, 3.8) is 0 Å². The number of hydrogen-bond acceptors (Lipinski definition) is 1. The number of nitrogens with zero attached hydrogens (tertiary/aromatic N) is 2. The molecule has 0 atom stereocenters. The van der Waals surface area contributed by atoms with Gasteiger partial charge in [-0.05, 0) is 17.7 Å². The summed E-state index contributed by atoms with van der Waals surface area (Å²) < 4.78 is 0.955. The molecule has 1 aromatic carbocycles. The van der Waals surface area contributed by atoms with Crippen molar-refractivity contribution in [2.45, 2.75) is 6.42 Å². The largest absolute Gasteiger partial charge is 0.331 e. The molecule has 0 aromatic heterocycles. The van der Waals surface area contributed by atoms with E-state index in [9.17, 15) is 0 Å². The molecule has 0 unspecified atom stereocenters. The van der Waals surface area contributed by atoms with Gasteiger partial charge in [0.15, 0.2) is 0 Å². The van der Waals surface area contributed by atoms with Gasteiger partial charge in [0, 0.05) is 6.42 Å². The molecule has 0 aliphatic heterocycles. The van der Waals surface area contributed by atoms with Gasteiger partial charge < -0.3 is 4.48 Å². The Balaban J connectivity index is 2.65. The van der Waals surface area contributed by atoms with Gasteiger partial charge in [-0.1, -0.05) is 12.1 Å². The van der Waals surface area contributed by atoms with Gasteiger partial charge in [0.1, 0.15) is 0 Å². The highest BCUT2D eigenvalue weighted by molar-refractivity contribution is 5.32. The van der Waals surface area contributed by atoms with E-state index < -0.39 is 0 Å². The number of quaternary nitrogens is 1. The van der Waals surface area contributed by atoms with Gasteiger partial charge in [-0.25, -0.2) is 0 Å². The first-order valence-corrected chi connectivity index (χ1v) is 4.81. The van der Waals surface area contributed by atoms with Crippen LogP contribution in [0.2, 0.25) is 0 Å². The van der Waals surface area contributed by atoms with Crippen molar-refractivity contribution in [1.82, 2.24) is 0 Å². The summed E-state index contributed by atoms with van der Waals surface area (Å²) in [5.41, 5.74) is 2.00. The molecule has 1 rings (SSSR count). The zero-order chi connectivity index (χ0) is 10.6. The Kier molecular flexibility index (Phi) is 3.27. The minimum Gasteiger partial charge on any atom is -0.331 e. The van der Waals surface area contributed by atoms with Crippen molar-refractivity contribution in [3.8, 4) is 6.07 Å². The van der Waals surface area contributed by atoms with Gasteiger partial charge in [0.2, 0.25) is 0 Å². The number of hydrogen-bond donors (Lipinski definition) is 0. The fraction of sp³-hybridized carbons (Fsp3) is 0.417. The first-order valence-electron chi connectivity index (χ1n) is 4.81. The van der Waals surface area contributed by atoms with Gasteiger partial charge in [-0.15, -0.1) is 0 Å². The van der Waals surface area contributed by atoms with Crippen LogP contribution in [-0.4, -0.2) is 32.2 Å². The van der Waals surface area contributed by atoms with E-state index in [1.54, 1.807) is 0 Å². The highest BCUT2D eigenvalue weighted by Crippen LogP contribution is 2.06. The first-order chi connectivity index (χ1) is 6.51. The van der Waals surface area contributed by atoms with Crippen LogP contribution in [0.5, 0.6) is 0 Å². The van der Waals surface area contributed by atoms with Crippen molar-refractivity contribution < 1.29 is 4.48 Å². The van der Waals surface area contributed by atoms with Crippen LogP contribution in [0.15, 0.2) is 24.3 Å². The van der Waals surface area contributed by atoms with Crippen LogP contribution in [0.1, 0.15) is 11.1 Å². The summed E-state index contributed by atoms with van der Waals surface area (Å²) in [4.78, 5) is 0. The van der Waals surface area contributed by atoms with E-state index in [1.807, 2.05) is 18.2 Å². The Morgan fingerprint density at radius 2 is 2.00 bits per heavy atom. The van der Waals surface area contributed by atoms with Gasteiger partial charge in [-0.2, -0.15) is 5.26 Å². The fourth-order valence-corrected chi connectivity index (χ4v) is 1.26. The van der Waals surface area contributed by atoms with Crippen molar-refractivity contribution in [1.29, 1.82) is 5.26 Å². The molecule has 0 bridgehead atoms. The summed E-state index contributed by atoms with van der Waals surface area (Å²) in [7, 11) is 6.52. The summed E-state index contributed by atoms with van der Waals surface area (Å²) >= 11 is 0. The number of benzene rings is 1. The molecule has 0 N–H and O–H groups in total. The molecule has 0 amide bonds. The lowest BCUT2D eigenvalue weighted by molar-refractivity contribution is -0.870. The zero-order valence-corrected chi connectivity index (χ0v) is 9.12. The average molecular weight is 189 g/mol. The molecule has 0 spiro atoms. The molecule has 0 heterocycles. The van der Waals surface area contributed by atoms with E-state index in [0.717, 1.165) is 23.0 Å². The van der Waals surface area contributed by atoms with Gasteiger partial charge >= 0.3 is 0 Å². The maximum Gasteiger partial charge on any atom is 0.0991 e. The second-order valence-corrected chi connectivity index (χ2v) is 4.58. The van der Waals surface area contributed by atoms with Crippen LogP contribution >= 0.6 is 0 Å². The summed E-state index contributed by atoms with van der Waals surface area (Å²) in [6.07, 6.45) is 1.03. The Bertz CT molecular complexity index is 342. The molecule has 0 radical (unpaired) electrons. The summed E-state index contributed by atoms with van der Waals surface area (Å²) in [6.45, 7) is 1.09. The van der Waals surface area contributed by atoms with Crippen molar-refractivity contribution >= 4 is 0 Å². The maximum absolute atomic E-state index is 8.74. The molecule has 14 heavy (non-hydrogen) atoms. The molecular formula is C12H17N2+. The van der Waals surface area contributed by atoms with Crippen LogP contribution in [0.25, 0.3) is 0 Å². The Hall–Kier alpha value is -1.33. The predicted molar refractivity (Wildman–Crippen MR) is 57.8 cm³/mol. The SMILES string of the molecule is C[N+](C)(C)CCc1cccc(C#N)c1. The third kappa shape index (κ3) is 3.59. The first kappa shape index (κ1) is 10.7. The van der Waals surface area contributed by atoms with Crippen LogP contribution in [0.3, 0.4) is 0 Å². The van der Waals surface area contributed by atoms with Crippen LogP contribution in [0, 0.1) is 11.3 Å². The van der Waals surface area contributed by atoms with Gasteiger partial charge in [0.25, 0.3) is 0 Å². The lowest BCUT2D eigenvalue weighted by Crippen LogP contribution is -2.36. The Labute approximate surface area is 86.0 Å². The smallest absolute Gasteiger partial charge is 0.0991 e. The number of likely N-dealkylation sites (N-methyl/N-ethyl adjacent to an activating group) is 1. The minimum absolute atomic E-state index is 0.754. The quantitative estimate of drug-likeness (QED) is 0.665. The standard InChI is InChI=1S/C12H17N2/c1-14(2,3)8-7-11-5-4-6-12(9-11)10-13/h4-6,9H,7-8H2,1-3H3/q+1. The maximum atomic E-state index is 8.74. The van der Waals surface area contributed by atoms with E-state index in [1.165, 1.54) is 5.56 Å². The van der Waals surface area contributed by atoms with Crippen molar-refractivity contribution in [2.24, 2.45) is 0 Å². The average Bonchev–Trinajstić information content (AvgIpc) is 2.14. The molecule has 0 aliphatic carbocycles. The van der Waals surface area contributed by atoms with Crippen LogP contribution < -0.4 is 0 Å². The van der Waals surface area contributed by atoms with Crippen molar-refractivity contribution in [3.05, 3.63) is 35.4 Å². The number of rotatable bonds is 3. The van der Waals surface area contributed by atoms with E-state index >= 15 is 0 Å². The van der Waals surface area contributed by atoms with E-state index in [0.29, 0.717) is 0 Å². The lowest BCUT2D eigenvalue weighted by atomic mass is 10.1. The van der Waals surface area contributed by atoms with Crippen LogP contribution in [0.4, 0.5) is 0 Å². The van der Waals surface area contributed by atoms with E-state index in [4.69, 9.17) is 5.26 Å². The molecule has 1 aromatic rings. The second-order valence-electron chi connectivity index (χ2n) is 4.58. The molecule has 74 valence electrons. The third-order valence-corrected chi connectivity index (χ3v) is 2.13. The zero-order valence-electron chi connectivity index (χ0n) is 9.12. The highest BCUT2D eigenvalue weighted by Gasteiger charge is 2.06. The highest BCUT2D eigenvalue weighted by atomic mass is 15.3. The van der Waals surface area contributed by atoms with Gasteiger partial charge in [0.05, 0.1) is 39.3 Å². The second kappa shape index (κ2) is 4.26. The molecule has 0 saturated heterocycles. The normalized spacial score (nSPS) is 11.0. The molecule has 2 heteroatoms. The predicted octanol–water partition coefficient (Wildman–Crippen LogP) is 1.81. The van der Waals surface area contributed by atoms with Crippen molar-refractivity contribution in [2.75, 3.05) is 27.7 Å². The third-order valence-electron chi connectivity index (χ3n) is 2.13. The van der Waals surface area contributed by atoms with E-state index in [2.05, 4.69) is 33.3 Å². The lowest BCUT2D eigenvalue weighted by Gasteiger charge is -2.23. The molecule has 0 fully saturated rings. The summed E-state index contributed by atoms with van der Waals surface area (Å²) in [5, 5.41) is 8.74. The molecular weight excluding hydrogens is 172 g/mol. The monoisotopic (exact) mass is 189 g/mol. The minimum atomic E-state index is 0.754. The fourth-order valence-electron chi connectivity index (χ4n) is 1.26. The summed E-state index contributed by atoms with van der Waals surface area (Å²) in [5.74, 6) is 0. The van der Waals surface area contributed by atoms with E-state index in [-0.39, 0.29) is 0 Å². The van der Waals surface area contributed by atoms with Crippen LogP contribution in [-0.2, 0) is 6.42 Å². The molecule has 2 nitrogen and oxygen atoms in total. The summed E-state index contributed by atoms with van der Waals surface area (Å²) in [6, 6.07) is 10.00. The number of nitriles is 1. The molecule has 0 aliphatic rings. The Morgan fingerprint density at radius 3 is 2.57 bits per heavy atom. The Morgan fingerprint density at radius 1 is 1.29 bits per heavy atom. The van der Waals surface area contributed by atoms with Gasteiger partial charge in [-0.3, -0.25) is 0 Å². The molecule has 0 saturated carbocycles. The topological polar surface area (TPSA) is 23.8 Å².